The van der Waals surface area contributed by atoms with Crippen LogP contribution in [0.4, 0.5) is 0 Å². The Hall–Kier alpha value is -1.10. The SMILES string of the molecule is CCCCOc1cnc(Br)c(C)c1C(=O)OC. The van der Waals surface area contributed by atoms with Crippen molar-refractivity contribution in [2.45, 2.75) is 26.7 Å². The summed E-state index contributed by atoms with van der Waals surface area (Å²) in [5.41, 5.74) is 1.16. The van der Waals surface area contributed by atoms with E-state index in [4.69, 9.17) is 9.47 Å². The Morgan fingerprint density at radius 1 is 1.53 bits per heavy atom. The summed E-state index contributed by atoms with van der Waals surface area (Å²) in [5.74, 6) is 0.0723. The summed E-state index contributed by atoms with van der Waals surface area (Å²) in [7, 11) is 1.35. The minimum Gasteiger partial charge on any atom is -0.491 e. The highest BCUT2D eigenvalue weighted by molar-refractivity contribution is 9.10. The zero-order valence-electron chi connectivity index (χ0n) is 10.2. The molecule has 1 aromatic heterocycles. The predicted molar refractivity (Wildman–Crippen MR) is 68.4 cm³/mol. The van der Waals surface area contributed by atoms with Gasteiger partial charge in [0.1, 0.15) is 10.2 Å². The van der Waals surface area contributed by atoms with Crippen LogP contribution >= 0.6 is 15.9 Å². The molecule has 0 spiro atoms. The maximum Gasteiger partial charge on any atom is 0.342 e. The zero-order valence-corrected chi connectivity index (χ0v) is 11.8. The number of pyridine rings is 1. The Morgan fingerprint density at radius 3 is 2.82 bits per heavy atom. The third-order valence-electron chi connectivity index (χ3n) is 2.37. The van der Waals surface area contributed by atoms with Gasteiger partial charge in [0.25, 0.3) is 0 Å². The molecule has 0 N–H and O–H groups in total. The summed E-state index contributed by atoms with van der Waals surface area (Å²) >= 11 is 3.29. The number of unbranched alkanes of at least 4 members (excludes halogenated alkanes) is 1. The van der Waals surface area contributed by atoms with Crippen LogP contribution in [-0.4, -0.2) is 24.7 Å². The fourth-order valence-electron chi connectivity index (χ4n) is 1.36. The molecule has 94 valence electrons. The summed E-state index contributed by atoms with van der Waals surface area (Å²) in [6, 6.07) is 0. The molecule has 0 bridgehead atoms. The van der Waals surface area contributed by atoms with Crippen LogP contribution in [-0.2, 0) is 4.74 Å². The molecule has 5 heteroatoms. The largest absolute Gasteiger partial charge is 0.491 e. The lowest BCUT2D eigenvalue weighted by molar-refractivity contribution is 0.0594. The second-order valence-corrected chi connectivity index (χ2v) is 4.36. The summed E-state index contributed by atoms with van der Waals surface area (Å²) in [6.07, 6.45) is 3.52. The first-order valence-electron chi connectivity index (χ1n) is 5.48. The molecule has 0 fully saturated rings. The molecule has 0 aliphatic rings. The first-order chi connectivity index (χ1) is 8.11. The minimum absolute atomic E-state index is 0.405. The van der Waals surface area contributed by atoms with E-state index < -0.39 is 5.97 Å². The topological polar surface area (TPSA) is 48.4 Å². The van der Waals surface area contributed by atoms with Crippen molar-refractivity contribution in [1.82, 2.24) is 4.98 Å². The van der Waals surface area contributed by atoms with E-state index in [1.165, 1.54) is 7.11 Å². The molecule has 0 aliphatic heterocycles. The highest BCUT2D eigenvalue weighted by Crippen LogP contribution is 2.27. The predicted octanol–water partition coefficient (Wildman–Crippen LogP) is 3.12. The van der Waals surface area contributed by atoms with Gasteiger partial charge in [-0.3, -0.25) is 0 Å². The van der Waals surface area contributed by atoms with E-state index in [0.29, 0.717) is 22.5 Å². The first kappa shape index (κ1) is 14.0. The molecule has 0 radical (unpaired) electrons. The summed E-state index contributed by atoms with van der Waals surface area (Å²) < 4.78 is 10.9. The van der Waals surface area contributed by atoms with Crippen LogP contribution < -0.4 is 4.74 Å². The summed E-state index contributed by atoms with van der Waals surface area (Å²) in [4.78, 5) is 15.8. The average Bonchev–Trinajstić information content (AvgIpc) is 2.33. The van der Waals surface area contributed by atoms with Crippen molar-refractivity contribution in [3.63, 3.8) is 0 Å². The maximum atomic E-state index is 11.7. The smallest absolute Gasteiger partial charge is 0.342 e. The van der Waals surface area contributed by atoms with Crippen LogP contribution in [0.3, 0.4) is 0 Å². The molecule has 0 atom stereocenters. The van der Waals surface area contributed by atoms with Gasteiger partial charge in [-0.05, 0) is 29.3 Å². The maximum absolute atomic E-state index is 11.7. The lowest BCUT2D eigenvalue weighted by Gasteiger charge is -2.12. The molecule has 1 rings (SSSR count). The normalized spacial score (nSPS) is 10.1. The van der Waals surface area contributed by atoms with Gasteiger partial charge in [-0.1, -0.05) is 13.3 Å². The molecule has 0 saturated carbocycles. The van der Waals surface area contributed by atoms with E-state index >= 15 is 0 Å². The van der Waals surface area contributed by atoms with E-state index in [1.807, 2.05) is 0 Å². The lowest BCUT2D eigenvalue weighted by atomic mass is 10.1. The van der Waals surface area contributed by atoms with Gasteiger partial charge in [0.2, 0.25) is 0 Å². The first-order valence-corrected chi connectivity index (χ1v) is 6.27. The number of hydrogen-bond donors (Lipinski definition) is 0. The number of methoxy groups -OCH3 is 1. The number of esters is 1. The molecule has 1 heterocycles. The fraction of sp³-hybridized carbons (Fsp3) is 0.500. The van der Waals surface area contributed by atoms with Gasteiger partial charge in [0.15, 0.2) is 5.75 Å². The van der Waals surface area contributed by atoms with Crippen molar-refractivity contribution >= 4 is 21.9 Å². The number of aromatic nitrogens is 1. The quantitative estimate of drug-likeness (QED) is 0.476. The van der Waals surface area contributed by atoms with Crippen molar-refractivity contribution in [1.29, 1.82) is 0 Å². The van der Waals surface area contributed by atoms with Gasteiger partial charge < -0.3 is 9.47 Å². The van der Waals surface area contributed by atoms with Crippen LogP contribution in [0.15, 0.2) is 10.8 Å². The summed E-state index contributed by atoms with van der Waals surface area (Å²) in [5, 5.41) is 0. The summed E-state index contributed by atoms with van der Waals surface area (Å²) in [6.45, 7) is 4.45. The number of hydrogen-bond acceptors (Lipinski definition) is 4. The van der Waals surface area contributed by atoms with Crippen LogP contribution in [0.5, 0.6) is 5.75 Å². The molecule has 1 aromatic rings. The second kappa shape index (κ2) is 6.59. The number of rotatable bonds is 5. The van der Waals surface area contributed by atoms with Crippen molar-refractivity contribution in [3.05, 3.63) is 21.9 Å². The third kappa shape index (κ3) is 3.43. The molecule has 4 nitrogen and oxygen atoms in total. The van der Waals surface area contributed by atoms with Gasteiger partial charge in [-0.15, -0.1) is 0 Å². The number of nitrogens with zero attached hydrogens (tertiary/aromatic N) is 1. The lowest BCUT2D eigenvalue weighted by Crippen LogP contribution is -2.10. The molecule has 0 aromatic carbocycles. The Labute approximate surface area is 109 Å². The zero-order chi connectivity index (χ0) is 12.8. The molecule has 0 unspecified atom stereocenters. The molecule has 0 amide bonds. The van der Waals surface area contributed by atoms with Crippen molar-refractivity contribution in [2.75, 3.05) is 13.7 Å². The van der Waals surface area contributed by atoms with Crippen molar-refractivity contribution in [3.8, 4) is 5.75 Å². The van der Waals surface area contributed by atoms with Gasteiger partial charge in [0, 0.05) is 5.56 Å². The Bertz CT molecular complexity index is 407. The van der Waals surface area contributed by atoms with Crippen LogP contribution in [0.2, 0.25) is 0 Å². The van der Waals surface area contributed by atoms with E-state index in [2.05, 4.69) is 27.8 Å². The monoisotopic (exact) mass is 301 g/mol. The number of carbonyl (C=O) groups is 1. The molecular weight excluding hydrogens is 286 g/mol. The van der Waals surface area contributed by atoms with Crippen LogP contribution in [0.1, 0.15) is 35.7 Å². The van der Waals surface area contributed by atoms with E-state index in [-0.39, 0.29) is 0 Å². The standard InChI is InChI=1S/C12H16BrNO3/c1-4-5-6-17-9-7-14-11(13)8(2)10(9)12(15)16-3/h7H,4-6H2,1-3H3. The van der Waals surface area contributed by atoms with E-state index in [9.17, 15) is 4.79 Å². The Morgan fingerprint density at radius 2 is 2.24 bits per heavy atom. The molecular formula is C12H16BrNO3. The van der Waals surface area contributed by atoms with Gasteiger partial charge >= 0.3 is 5.97 Å². The van der Waals surface area contributed by atoms with Crippen molar-refractivity contribution in [2.24, 2.45) is 0 Å². The molecule has 0 aliphatic carbocycles. The van der Waals surface area contributed by atoms with E-state index in [1.54, 1.807) is 13.1 Å². The number of ether oxygens (including phenoxy) is 2. The van der Waals surface area contributed by atoms with Crippen molar-refractivity contribution < 1.29 is 14.3 Å². The highest BCUT2D eigenvalue weighted by Gasteiger charge is 2.19. The minimum atomic E-state index is -0.405. The van der Waals surface area contributed by atoms with Gasteiger partial charge in [0.05, 0.1) is 19.9 Å². The fourth-order valence-corrected chi connectivity index (χ4v) is 1.66. The Kier molecular flexibility index (Phi) is 5.41. The van der Waals surface area contributed by atoms with E-state index in [0.717, 1.165) is 18.4 Å². The van der Waals surface area contributed by atoms with Crippen LogP contribution in [0.25, 0.3) is 0 Å². The Balaban J connectivity index is 3.03. The van der Waals surface area contributed by atoms with Crippen LogP contribution in [0, 0.1) is 6.92 Å². The number of carbonyl (C=O) groups excluding carboxylic acids is 1. The average molecular weight is 302 g/mol. The van der Waals surface area contributed by atoms with Gasteiger partial charge in [-0.25, -0.2) is 9.78 Å². The second-order valence-electron chi connectivity index (χ2n) is 3.61. The van der Waals surface area contributed by atoms with Gasteiger partial charge in [-0.2, -0.15) is 0 Å². The number of halogens is 1. The molecule has 17 heavy (non-hydrogen) atoms. The third-order valence-corrected chi connectivity index (χ3v) is 3.17. The molecule has 0 saturated heterocycles. The highest BCUT2D eigenvalue weighted by atomic mass is 79.9.